The Balaban J connectivity index is 1.58. The van der Waals surface area contributed by atoms with E-state index in [2.05, 4.69) is 0 Å². The molecule has 4 fully saturated rings. The lowest BCUT2D eigenvalue weighted by atomic mass is 9.65. The van der Waals surface area contributed by atoms with Crippen molar-refractivity contribution in [3.63, 3.8) is 0 Å². The minimum atomic E-state index is -1.29. The van der Waals surface area contributed by atoms with Gasteiger partial charge in [-0.25, -0.2) is 0 Å². The van der Waals surface area contributed by atoms with Gasteiger partial charge in [0.25, 0.3) is 0 Å². The minimum Gasteiger partial charge on any atom is -0.472 e. The lowest BCUT2D eigenvalue weighted by molar-refractivity contribution is -0.175. The Morgan fingerprint density at radius 1 is 1.12 bits per heavy atom. The Morgan fingerprint density at radius 2 is 1.91 bits per heavy atom. The molecule has 5 rings (SSSR count). The molecular formula is C23H24O9. The topological polar surface area (TPSA) is 126 Å². The third-order valence-electron chi connectivity index (χ3n) is 8.11. The predicted octanol–water partition coefficient (Wildman–Crippen LogP) is 1.73. The molecule has 0 amide bonds. The second-order valence-corrected chi connectivity index (χ2v) is 9.30. The first-order valence-electron chi connectivity index (χ1n) is 10.9. The molecule has 0 aromatic carbocycles. The quantitative estimate of drug-likeness (QED) is 0.296. The summed E-state index contributed by atoms with van der Waals surface area (Å²) in [5.74, 6) is -6.18. The number of ketones is 2. The van der Waals surface area contributed by atoms with E-state index in [1.807, 2.05) is 0 Å². The third kappa shape index (κ3) is 2.72. The van der Waals surface area contributed by atoms with Gasteiger partial charge in [0.05, 0.1) is 30.8 Å². The van der Waals surface area contributed by atoms with Gasteiger partial charge in [-0.2, -0.15) is 0 Å². The molecule has 170 valence electrons. The highest BCUT2D eigenvalue weighted by Gasteiger charge is 2.73. The maximum Gasteiger partial charge on any atom is 0.316 e. The smallest absolute Gasteiger partial charge is 0.316 e. The molecular weight excluding hydrogens is 420 g/mol. The van der Waals surface area contributed by atoms with Gasteiger partial charge in [0, 0.05) is 24.2 Å². The van der Waals surface area contributed by atoms with E-state index in [9.17, 15) is 24.0 Å². The van der Waals surface area contributed by atoms with Crippen molar-refractivity contribution in [2.45, 2.75) is 44.8 Å². The number of methoxy groups -OCH3 is 1. The van der Waals surface area contributed by atoms with E-state index in [1.165, 1.54) is 25.7 Å². The Hall–Kier alpha value is -2.97. The van der Waals surface area contributed by atoms with Crippen LogP contribution in [0.2, 0.25) is 0 Å². The number of Topliss-reactive ketones (excluding diaryl/α,β-unsaturated/α-hetero) is 2. The van der Waals surface area contributed by atoms with Crippen molar-refractivity contribution in [3.8, 4) is 0 Å². The van der Waals surface area contributed by atoms with Gasteiger partial charge >= 0.3 is 17.9 Å². The fourth-order valence-corrected chi connectivity index (χ4v) is 6.81. The van der Waals surface area contributed by atoms with Gasteiger partial charge in [0.1, 0.15) is 24.4 Å². The predicted molar refractivity (Wildman–Crippen MR) is 104 cm³/mol. The maximum absolute atomic E-state index is 13.9. The normalized spacial score (nSPS) is 40.4. The molecule has 0 bridgehead atoms. The maximum atomic E-state index is 13.9. The van der Waals surface area contributed by atoms with Gasteiger partial charge in [0.2, 0.25) is 0 Å². The van der Waals surface area contributed by atoms with Crippen LogP contribution < -0.4 is 0 Å². The molecule has 2 aliphatic heterocycles. The fourth-order valence-electron chi connectivity index (χ4n) is 6.81. The van der Waals surface area contributed by atoms with Crippen LogP contribution in [0.3, 0.4) is 0 Å². The van der Waals surface area contributed by atoms with Crippen molar-refractivity contribution in [3.05, 3.63) is 24.2 Å². The number of fused-ring (bicyclic) bond motifs is 3. The largest absolute Gasteiger partial charge is 0.472 e. The number of cyclic esters (lactones) is 1. The van der Waals surface area contributed by atoms with Gasteiger partial charge in [-0.3, -0.25) is 24.0 Å². The molecule has 3 unspecified atom stereocenters. The highest BCUT2D eigenvalue weighted by Crippen LogP contribution is 2.64. The molecule has 9 nitrogen and oxygen atoms in total. The van der Waals surface area contributed by atoms with E-state index in [0.717, 1.165) is 0 Å². The van der Waals surface area contributed by atoms with E-state index < -0.39 is 64.9 Å². The summed E-state index contributed by atoms with van der Waals surface area (Å²) >= 11 is 0. The SMILES string of the molecule is COC(=O)[C@H]1C(=O)C2C(CC[C@H]1C(=O)c1ccoc1)[C@@H]1OC(=O)C[C@]13C2CC(=O)O[C@H]3C. The first-order valence-corrected chi connectivity index (χ1v) is 10.9. The standard InChI is InChI=1S/C23H24O9/c1-10-23-8-16(25)32-21(23)13-4-3-12(19(26)11-5-6-30-9-11)18(22(28)29-2)20(27)17(13)14(23)7-15(24)31-10/h5-6,9-10,12-14,17-18,21H,3-4,7-8H2,1-2H3/t10-,12+,13?,14?,17?,18+,21-,23-/m0/s1. The number of carbonyl (C=O) groups is 5. The summed E-state index contributed by atoms with van der Waals surface area (Å²) in [6.45, 7) is 1.73. The summed E-state index contributed by atoms with van der Waals surface area (Å²) in [7, 11) is 1.18. The Kier molecular flexibility index (Phi) is 4.76. The van der Waals surface area contributed by atoms with Crippen molar-refractivity contribution in [1.29, 1.82) is 0 Å². The zero-order valence-electron chi connectivity index (χ0n) is 17.8. The van der Waals surface area contributed by atoms with E-state index in [4.69, 9.17) is 18.6 Å². The van der Waals surface area contributed by atoms with E-state index in [1.54, 1.807) is 6.92 Å². The highest BCUT2D eigenvalue weighted by atomic mass is 16.6. The Bertz CT molecular complexity index is 995. The van der Waals surface area contributed by atoms with Crippen molar-refractivity contribution >= 4 is 29.5 Å². The number of hydrogen-bond donors (Lipinski definition) is 0. The average molecular weight is 444 g/mol. The molecule has 32 heavy (non-hydrogen) atoms. The van der Waals surface area contributed by atoms with Crippen LogP contribution in [-0.4, -0.2) is 48.8 Å². The van der Waals surface area contributed by atoms with Crippen LogP contribution in [0.5, 0.6) is 0 Å². The molecule has 0 radical (unpaired) electrons. The summed E-state index contributed by atoms with van der Waals surface area (Å²) in [5.41, 5.74) is -0.516. The van der Waals surface area contributed by atoms with E-state index in [0.29, 0.717) is 6.42 Å². The molecule has 1 aromatic heterocycles. The Morgan fingerprint density at radius 3 is 2.59 bits per heavy atom. The van der Waals surface area contributed by atoms with E-state index in [-0.39, 0.29) is 36.6 Å². The lowest BCUT2D eigenvalue weighted by Gasteiger charge is -2.42. The summed E-state index contributed by atoms with van der Waals surface area (Å²) in [6.07, 6.45) is 2.13. The molecule has 1 aromatic rings. The summed E-state index contributed by atoms with van der Waals surface area (Å²) in [5, 5.41) is 0. The molecule has 9 heteroatoms. The first kappa shape index (κ1) is 20.9. The van der Waals surface area contributed by atoms with Crippen molar-refractivity contribution in [2.24, 2.45) is 35.0 Å². The summed E-state index contributed by atoms with van der Waals surface area (Å²) < 4.78 is 21.2. The van der Waals surface area contributed by atoms with Gasteiger partial charge in [-0.15, -0.1) is 0 Å². The average Bonchev–Trinajstić information content (AvgIpc) is 3.42. The van der Waals surface area contributed by atoms with Crippen molar-refractivity contribution < 1.29 is 42.6 Å². The number of hydrogen-bond acceptors (Lipinski definition) is 9. The number of rotatable bonds is 3. The fraction of sp³-hybridized carbons (Fsp3) is 0.609. The second-order valence-electron chi connectivity index (χ2n) is 9.30. The summed E-state index contributed by atoms with van der Waals surface area (Å²) in [6, 6.07) is 1.50. The zero-order chi connectivity index (χ0) is 22.8. The second kappa shape index (κ2) is 7.28. The van der Waals surface area contributed by atoms with Crippen LogP contribution in [-0.2, 0) is 33.4 Å². The van der Waals surface area contributed by atoms with Crippen LogP contribution in [0.25, 0.3) is 0 Å². The van der Waals surface area contributed by atoms with Gasteiger partial charge < -0.3 is 18.6 Å². The van der Waals surface area contributed by atoms with Crippen LogP contribution in [0.1, 0.15) is 43.0 Å². The highest BCUT2D eigenvalue weighted by molar-refractivity contribution is 6.09. The summed E-state index contributed by atoms with van der Waals surface area (Å²) in [4.78, 5) is 64.6. The zero-order valence-corrected chi connectivity index (χ0v) is 17.8. The van der Waals surface area contributed by atoms with Crippen molar-refractivity contribution in [1.82, 2.24) is 0 Å². The minimum absolute atomic E-state index is 0.0291. The molecule has 4 aliphatic rings. The van der Waals surface area contributed by atoms with Gasteiger partial charge in [0.15, 0.2) is 11.6 Å². The number of carbonyl (C=O) groups excluding carboxylic acids is 5. The molecule has 0 N–H and O–H groups in total. The van der Waals surface area contributed by atoms with Gasteiger partial charge in [-0.05, 0) is 31.7 Å². The number of ether oxygens (including phenoxy) is 3. The molecule has 8 atom stereocenters. The first-order chi connectivity index (χ1) is 15.3. The van der Waals surface area contributed by atoms with Crippen LogP contribution in [0.4, 0.5) is 0 Å². The molecule has 2 saturated carbocycles. The lowest BCUT2D eigenvalue weighted by Crippen LogP contribution is -2.51. The molecule has 1 spiro atoms. The molecule has 2 saturated heterocycles. The van der Waals surface area contributed by atoms with Crippen LogP contribution >= 0.6 is 0 Å². The molecule has 2 aliphatic carbocycles. The third-order valence-corrected chi connectivity index (χ3v) is 8.11. The number of furan rings is 1. The molecule has 3 heterocycles. The van der Waals surface area contributed by atoms with Crippen molar-refractivity contribution in [2.75, 3.05) is 7.11 Å². The van der Waals surface area contributed by atoms with Crippen LogP contribution in [0, 0.1) is 35.0 Å². The van der Waals surface area contributed by atoms with Crippen LogP contribution in [0.15, 0.2) is 23.0 Å². The number of esters is 3. The monoisotopic (exact) mass is 444 g/mol. The van der Waals surface area contributed by atoms with E-state index >= 15 is 0 Å². The Labute approximate surface area is 183 Å². The van der Waals surface area contributed by atoms with Gasteiger partial charge in [-0.1, -0.05) is 0 Å².